The largest absolute Gasteiger partial charge is 0.369 e. The first kappa shape index (κ1) is 14.8. The Labute approximate surface area is 132 Å². The van der Waals surface area contributed by atoms with E-state index in [1.165, 1.54) is 16.9 Å². The van der Waals surface area contributed by atoms with Crippen molar-refractivity contribution in [3.05, 3.63) is 23.8 Å². The number of carbonyl (C=O) groups is 2. The number of aryl methyl sites for hydroxylation is 1. The average molecular weight is 318 g/mol. The average Bonchev–Trinajstić information content (AvgIpc) is 3.12. The number of carbonyl (C=O) groups excluding carboxylic acids is 2. The minimum atomic E-state index is -0.345. The summed E-state index contributed by atoms with van der Waals surface area (Å²) in [4.78, 5) is 29.4. The standard InChI is InChI=1S/C15H18N4O2S/c1-2-9-3-4-11-12(7-9)22-14(17-11)18-15(21)19-6-5-10(8-19)13(16)20/h3-4,7,10H,2,5-6,8H2,1H3,(H2,16,20)(H,17,18,21). The molecule has 0 spiro atoms. The van der Waals surface area contributed by atoms with Crippen molar-refractivity contribution in [1.29, 1.82) is 0 Å². The SMILES string of the molecule is CCc1ccc2nc(NC(=O)N3CCC(C(N)=O)C3)sc2c1. The molecule has 2 heterocycles. The first-order chi connectivity index (χ1) is 10.6. The van der Waals surface area contributed by atoms with Gasteiger partial charge in [0.25, 0.3) is 0 Å². The molecule has 1 saturated heterocycles. The molecule has 0 aliphatic carbocycles. The molecule has 7 heteroatoms. The van der Waals surface area contributed by atoms with Crippen LogP contribution in [0.2, 0.25) is 0 Å². The number of anilines is 1. The molecule has 1 aromatic heterocycles. The normalized spacial score (nSPS) is 17.9. The predicted octanol–water partition coefficient (Wildman–Crippen LogP) is 2.20. The molecule has 1 atom stereocenters. The zero-order valence-corrected chi connectivity index (χ0v) is 13.2. The van der Waals surface area contributed by atoms with Crippen molar-refractivity contribution in [2.75, 3.05) is 18.4 Å². The van der Waals surface area contributed by atoms with E-state index in [0.717, 1.165) is 16.6 Å². The summed E-state index contributed by atoms with van der Waals surface area (Å²) in [5, 5.41) is 3.39. The van der Waals surface area contributed by atoms with E-state index in [2.05, 4.69) is 23.3 Å². The Hall–Kier alpha value is -2.15. The number of rotatable bonds is 3. The van der Waals surface area contributed by atoms with Gasteiger partial charge in [-0.3, -0.25) is 10.1 Å². The number of aromatic nitrogens is 1. The number of nitrogens with two attached hydrogens (primary N) is 1. The lowest BCUT2D eigenvalue weighted by Gasteiger charge is -2.15. The van der Waals surface area contributed by atoms with Crippen molar-refractivity contribution in [2.45, 2.75) is 19.8 Å². The van der Waals surface area contributed by atoms with E-state index in [4.69, 9.17) is 5.73 Å². The van der Waals surface area contributed by atoms with Gasteiger partial charge in [0.1, 0.15) is 0 Å². The number of hydrogen-bond acceptors (Lipinski definition) is 4. The summed E-state index contributed by atoms with van der Waals surface area (Å²) in [5.41, 5.74) is 7.41. The topological polar surface area (TPSA) is 88.3 Å². The Bertz CT molecular complexity index is 727. The first-order valence-corrected chi connectivity index (χ1v) is 8.13. The second kappa shape index (κ2) is 5.92. The summed E-state index contributed by atoms with van der Waals surface area (Å²) in [6.07, 6.45) is 1.60. The van der Waals surface area contributed by atoms with Gasteiger partial charge >= 0.3 is 6.03 Å². The van der Waals surface area contributed by atoms with E-state index < -0.39 is 0 Å². The molecule has 0 bridgehead atoms. The summed E-state index contributed by atoms with van der Waals surface area (Å²) in [5.74, 6) is -0.587. The van der Waals surface area contributed by atoms with Gasteiger partial charge in [-0.25, -0.2) is 9.78 Å². The lowest BCUT2D eigenvalue weighted by Crippen LogP contribution is -2.34. The molecule has 3 amide bonds. The molecule has 6 nitrogen and oxygen atoms in total. The molecule has 0 saturated carbocycles. The van der Waals surface area contributed by atoms with E-state index in [-0.39, 0.29) is 17.9 Å². The Morgan fingerprint density at radius 2 is 2.32 bits per heavy atom. The van der Waals surface area contributed by atoms with Crippen LogP contribution in [0.3, 0.4) is 0 Å². The number of likely N-dealkylation sites (tertiary alicyclic amines) is 1. The molecular weight excluding hydrogens is 300 g/mol. The number of nitrogens with one attached hydrogen (secondary N) is 1. The smallest absolute Gasteiger partial charge is 0.323 e. The van der Waals surface area contributed by atoms with Crippen LogP contribution in [0, 0.1) is 5.92 Å². The lowest BCUT2D eigenvalue weighted by molar-refractivity contribution is -0.121. The third-order valence-electron chi connectivity index (χ3n) is 3.95. The molecule has 1 aromatic carbocycles. The minimum absolute atomic E-state index is 0.224. The highest BCUT2D eigenvalue weighted by molar-refractivity contribution is 7.22. The van der Waals surface area contributed by atoms with Gasteiger partial charge in [-0.15, -0.1) is 0 Å². The Balaban J connectivity index is 1.70. The molecule has 1 unspecified atom stereocenters. The molecule has 3 N–H and O–H groups in total. The maximum atomic E-state index is 12.2. The maximum absolute atomic E-state index is 12.2. The Morgan fingerprint density at radius 3 is 3.00 bits per heavy atom. The third kappa shape index (κ3) is 2.89. The summed E-state index contributed by atoms with van der Waals surface area (Å²) < 4.78 is 1.06. The molecule has 116 valence electrons. The third-order valence-corrected chi connectivity index (χ3v) is 4.89. The van der Waals surface area contributed by atoms with Crippen LogP contribution in [-0.2, 0) is 11.2 Å². The second-order valence-corrected chi connectivity index (χ2v) is 6.47. The highest BCUT2D eigenvalue weighted by atomic mass is 32.1. The van der Waals surface area contributed by atoms with Crippen LogP contribution in [0.4, 0.5) is 9.93 Å². The van der Waals surface area contributed by atoms with Gasteiger partial charge in [-0.05, 0) is 30.5 Å². The maximum Gasteiger partial charge on any atom is 0.323 e. The number of primary amides is 1. The van der Waals surface area contributed by atoms with Gasteiger partial charge < -0.3 is 10.6 Å². The number of thiazole rings is 1. The van der Waals surface area contributed by atoms with Crippen LogP contribution in [-0.4, -0.2) is 34.9 Å². The highest BCUT2D eigenvalue weighted by Crippen LogP contribution is 2.27. The molecule has 2 aromatic rings. The van der Waals surface area contributed by atoms with E-state index >= 15 is 0 Å². The van der Waals surface area contributed by atoms with E-state index in [9.17, 15) is 9.59 Å². The van der Waals surface area contributed by atoms with Gasteiger partial charge in [0.2, 0.25) is 5.91 Å². The zero-order chi connectivity index (χ0) is 15.7. The fourth-order valence-corrected chi connectivity index (χ4v) is 3.51. The molecular formula is C15H18N4O2S. The summed E-state index contributed by atoms with van der Waals surface area (Å²) in [7, 11) is 0. The summed E-state index contributed by atoms with van der Waals surface area (Å²) in [6, 6.07) is 5.89. The summed E-state index contributed by atoms with van der Waals surface area (Å²) in [6.45, 7) is 3.03. The van der Waals surface area contributed by atoms with Crippen LogP contribution >= 0.6 is 11.3 Å². The molecule has 1 aliphatic rings. The van der Waals surface area contributed by atoms with Crippen molar-refractivity contribution >= 4 is 38.6 Å². The predicted molar refractivity (Wildman–Crippen MR) is 86.9 cm³/mol. The van der Waals surface area contributed by atoms with Gasteiger partial charge in [0.15, 0.2) is 5.13 Å². The highest BCUT2D eigenvalue weighted by Gasteiger charge is 2.29. The second-order valence-electron chi connectivity index (χ2n) is 5.44. The molecule has 0 radical (unpaired) electrons. The molecule has 3 rings (SSSR count). The monoisotopic (exact) mass is 318 g/mol. The molecule has 1 fully saturated rings. The molecule has 1 aliphatic heterocycles. The minimum Gasteiger partial charge on any atom is -0.369 e. The Morgan fingerprint density at radius 1 is 1.50 bits per heavy atom. The quantitative estimate of drug-likeness (QED) is 0.909. The number of nitrogens with zero attached hydrogens (tertiary/aromatic N) is 2. The Kier molecular flexibility index (Phi) is 3.98. The van der Waals surface area contributed by atoms with Crippen molar-refractivity contribution in [2.24, 2.45) is 11.7 Å². The lowest BCUT2D eigenvalue weighted by atomic mass is 10.1. The number of fused-ring (bicyclic) bond motifs is 1. The fraction of sp³-hybridized carbons (Fsp3) is 0.400. The van der Waals surface area contributed by atoms with Crippen molar-refractivity contribution in [1.82, 2.24) is 9.88 Å². The van der Waals surface area contributed by atoms with E-state index in [1.807, 2.05) is 12.1 Å². The fourth-order valence-electron chi connectivity index (χ4n) is 2.59. The van der Waals surface area contributed by atoms with Gasteiger partial charge in [0, 0.05) is 13.1 Å². The van der Waals surface area contributed by atoms with Crippen molar-refractivity contribution in [3.63, 3.8) is 0 Å². The van der Waals surface area contributed by atoms with Crippen LogP contribution in [0.1, 0.15) is 18.9 Å². The van der Waals surface area contributed by atoms with Gasteiger partial charge in [0.05, 0.1) is 16.1 Å². The van der Waals surface area contributed by atoms with Crippen LogP contribution < -0.4 is 11.1 Å². The molecule has 22 heavy (non-hydrogen) atoms. The van der Waals surface area contributed by atoms with Gasteiger partial charge in [-0.2, -0.15) is 0 Å². The van der Waals surface area contributed by atoms with E-state index in [1.54, 1.807) is 4.90 Å². The number of hydrogen-bond donors (Lipinski definition) is 2. The summed E-state index contributed by atoms with van der Waals surface area (Å²) >= 11 is 1.46. The van der Waals surface area contributed by atoms with Crippen LogP contribution in [0.25, 0.3) is 10.2 Å². The number of urea groups is 1. The van der Waals surface area contributed by atoms with Crippen LogP contribution in [0.15, 0.2) is 18.2 Å². The zero-order valence-electron chi connectivity index (χ0n) is 12.3. The van der Waals surface area contributed by atoms with Gasteiger partial charge in [-0.1, -0.05) is 24.3 Å². The van der Waals surface area contributed by atoms with Crippen molar-refractivity contribution in [3.8, 4) is 0 Å². The van der Waals surface area contributed by atoms with E-state index in [0.29, 0.717) is 24.6 Å². The van der Waals surface area contributed by atoms with Crippen molar-refractivity contribution < 1.29 is 9.59 Å². The number of benzene rings is 1. The van der Waals surface area contributed by atoms with Crippen LogP contribution in [0.5, 0.6) is 0 Å². The number of amides is 3. The first-order valence-electron chi connectivity index (χ1n) is 7.31.